The average molecular weight is 279 g/mol. The molecule has 1 aliphatic heterocycles. The first-order valence-electron chi connectivity index (χ1n) is 6.72. The van der Waals surface area contributed by atoms with Crippen LogP contribution in [0.3, 0.4) is 0 Å². The zero-order valence-electron chi connectivity index (χ0n) is 12.1. The SMILES string of the molecule is CC(C)(C)NC[C@H](O)COc1cccc2c1C(=O)OC2. The predicted molar refractivity (Wildman–Crippen MR) is 74.8 cm³/mol. The molecule has 1 atom stereocenters. The molecule has 5 heteroatoms. The van der Waals surface area contributed by atoms with Crippen molar-refractivity contribution >= 4 is 5.97 Å². The van der Waals surface area contributed by atoms with E-state index in [0.717, 1.165) is 5.56 Å². The van der Waals surface area contributed by atoms with Crippen LogP contribution in [0.1, 0.15) is 36.7 Å². The number of cyclic esters (lactones) is 1. The van der Waals surface area contributed by atoms with Gasteiger partial charge in [0.15, 0.2) is 0 Å². The van der Waals surface area contributed by atoms with Crippen molar-refractivity contribution in [3.63, 3.8) is 0 Å². The van der Waals surface area contributed by atoms with Crippen molar-refractivity contribution in [2.45, 2.75) is 39.0 Å². The molecule has 0 unspecified atom stereocenters. The Kier molecular flexibility index (Phi) is 4.30. The summed E-state index contributed by atoms with van der Waals surface area (Å²) < 4.78 is 10.5. The number of hydrogen-bond acceptors (Lipinski definition) is 5. The van der Waals surface area contributed by atoms with Gasteiger partial charge in [-0.3, -0.25) is 0 Å². The van der Waals surface area contributed by atoms with Crippen LogP contribution in [0.5, 0.6) is 5.75 Å². The van der Waals surface area contributed by atoms with Crippen molar-refractivity contribution in [2.75, 3.05) is 13.2 Å². The highest BCUT2D eigenvalue weighted by atomic mass is 16.5. The van der Waals surface area contributed by atoms with E-state index in [1.54, 1.807) is 6.07 Å². The number of carbonyl (C=O) groups is 1. The van der Waals surface area contributed by atoms with Gasteiger partial charge in [-0.2, -0.15) is 0 Å². The van der Waals surface area contributed by atoms with Crippen LogP contribution in [0.4, 0.5) is 0 Å². The van der Waals surface area contributed by atoms with Crippen LogP contribution in [0.25, 0.3) is 0 Å². The van der Waals surface area contributed by atoms with Gasteiger partial charge in [-0.1, -0.05) is 12.1 Å². The van der Waals surface area contributed by atoms with Crippen LogP contribution in [-0.4, -0.2) is 35.9 Å². The van der Waals surface area contributed by atoms with E-state index in [0.29, 0.717) is 24.5 Å². The fraction of sp³-hybridized carbons (Fsp3) is 0.533. The number of aliphatic hydroxyl groups excluding tert-OH is 1. The normalized spacial score (nSPS) is 15.7. The lowest BCUT2D eigenvalue weighted by molar-refractivity contribution is 0.0528. The van der Waals surface area contributed by atoms with Gasteiger partial charge in [0.2, 0.25) is 0 Å². The largest absolute Gasteiger partial charge is 0.490 e. The fourth-order valence-electron chi connectivity index (χ4n) is 1.93. The highest BCUT2D eigenvalue weighted by Crippen LogP contribution is 2.29. The molecule has 0 radical (unpaired) electrons. The summed E-state index contributed by atoms with van der Waals surface area (Å²) in [4.78, 5) is 11.6. The third kappa shape index (κ3) is 3.71. The van der Waals surface area contributed by atoms with Crippen molar-refractivity contribution in [1.82, 2.24) is 5.32 Å². The van der Waals surface area contributed by atoms with Crippen molar-refractivity contribution in [1.29, 1.82) is 0 Å². The van der Waals surface area contributed by atoms with Crippen molar-refractivity contribution in [3.8, 4) is 5.75 Å². The maximum atomic E-state index is 11.6. The lowest BCUT2D eigenvalue weighted by Gasteiger charge is -2.23. The number of β-amino-alcohol motifs (C(OH)–C–C–N with tert-alkyl or cyclic N) is 1. The molecule has 0 bridgehead atoms. The summed E-state index contributed by atoms with van der Waals surface area (Å²) in [6.07, 6.45) is -0.637. The maximum Gasteiger partial charge on any atom is 0.342 e. The number of benzene rings is 1. The summed E-state index contributed by atoms with van der Waals surface area (Å²) in [6.45, 7) is 6.94. The number of aliphatic hydroxyl groups is 1. The highest BCUT2D eigenvalue weighted by molar-refractivity contribution is 5.96. The van der Waals surface area contributed by atoms with E-state index in [2.05, 4.69) is 5.32 Å². The number of ether oxygens (including phenoxy) is 2. The molecular formula is C15H21NO4. The molecule has 2 rings (SSSR count). The third-order valence-corrected chi connectivity index (χ3v) is 2.97. The molecule has 0 amide bonds. The van der Waals surface area contributed by atoms with Gasteiger partial charge in [-0.05, 0) is 26.8 Å². The second kappa shape index (κ2) is 5.81. The summed E-state index contributed by atoms with van der Waals surface area (Å²) in [7, 11) is 0. The van der Waals surface area contributed by atoms with Gasteiger partial charge in [-0.25, -0.2) is 4.79 Å². The second-order valence-electron chi connectivity index (χ2n) is 5.96. The molecule has 2 N–H and O–H groups in total. The molecule has 5 nitrogen and oxygen atoms in total. The number of rotatable bonds is 5. The van der Waals surface area contributed by atoms with E-state index in [1.807, 2.05) is 32.9 Å². The zero-order chi connectivity index (χ0) is 14.8. The van der Waals surface area contributed by atoms with E-state index < -0.39 is 6.10 Å². The van der Waals surface area contributed by atoms with Gasteiger partial charge in [0, 0.05) is 17.6 Å². The van der Waals surface area contributed by atoms with Crippen LogP contribution in [0.2, 0.25) is 0 Å². The topological polar surface area (TPSA) is 67.8 Å². The second-order valence-corrected chi connectivity index (χ2v) is 5.96. The minimum atomic E-state index is -0.637. The molecule has 1 aromatic rings. The van der Waals surface area contributed by atoms with Crippen LogP contribution >= 0.6 is 0 Å². The minimum absolute atomic E-state index is 0.0568. The van der Waals surface area contributed by atoms with E-state index in [-0.39, 0.29) is 18.1 Å². The van der Waals surface area contributed by atoms with Crippen LogP contribution in [-0.2, 0) is 11.3 Å². The Bertz CT molecular complexity index is 493. The molecule has 0 fully saturated rings. The first-order chi connectivity index (χ1) is 9.37. The van der Waals surface area contributed by atoms with Crippen molar-refractivity contribution in [2.24, 2.45) is 0 Å². The molecule has 20 heavy (non-hydrogen) atoms. The summed E-state index contributed by atoms with van der Waals surface area (Å²) in [5.74, 6) is 0.109. The molecule has 1 heterocycles. The van der Waals surface area contributed by atoms with Crippen LogP contribution < -0.4 is 10.1 Å². The number of hydrogen-bond donors (Lipinski definition) is 2. The Balaban J connectivity index is 1.92. The summed E-state index contributed by atoms with van der Waals surface area (Å²) in [5.41, 5.74) is 1.25. The molecule has 0 saturated heterocycles. The molecule has 1 aromatic carbocycles. The highest BCUT2D eigenvalue weighted by Gasteiger charge is 2.25. The summed E-state index contributed by atoms with van der Waals surface area (Å²) in [6, 6.07) is 5.37. The Morgan fingerprint density at radius 3 is 2.90 bits per heavy atom. The average Bonchev–Trinajstić information content (AvgIpc) is 2.76. The van der Waals surface area contributed by atoms with E-state index in [9.17, 15) is 9.90 Å². The van der Waals surface area contributed by atoms with E-state index in [4.69, 9.17) is 9.47 Å². The van der Waals surface area contributed by atoms with Crippen LogP contribution in [0, 0.1) is 0 Å². The lowest BCUT2D eigenvalue weighted by Crippen LogP contribution is -2.42. The van der Waals surface area contributed by atoms with Gasteiger partial charge >= 0.3 is 5.97 Å². The first kappa shape index (κ1) is 14.8. The molecular weight excluding hydrogens is 258 g/mol. The van der Waals surface area contributed by atoms with Gasteiger partial charge in [0.05, 0.1) is 0 Å². The Hall–Kier alpha value is -1.59. The third-order valence-electron chi connectivity index (χ3n) is 2.97. The standard InChI is InChI=1S/C15H21NO4/c1-15(2,3)16-7-11(17)9-19-12-6-4-5-10-8-20-14(18)13(10)12/h4-6,11,16-17H,7-9H2,1-3H3/t11-/m0/s1. The Morgan fingerprint density at radius 2 is 2.20 bits per heavy atom. The number of carbonyl (C=O) groups excluding carboxylic acids is 1. The van der Waals surface area contributed by atoms with Gasteiger partial charge in [0.1, 0.15) is 30.6 Å². The van der Waals surface area contributed by atoms with Gasteiger partial charge in [0.25, 0.3) is 0 Å². The molecule has 110 valence electrons. The fourth-order valence-corrected chi connectivity index (χ4v) is 1.93. The van der Waals surface area contributed by atoms with Gasteiger partial charge in [-0.15, -0.1) is 0 Å². The Morgan fingerprint density at radius 1 is 1.45 bits per heavy atom. The summed E-state index contributed by atoms with van der Waals surface area (Å²) in [5, 5.41) is 13.1. The lowest BCUT2D eigenvalue weighted by atomic mass is 10.1. The van der Waals surface area contributed by atoms with Gasteiger partial charge < -0.3 is 19.9 Å². The molecule has 0 spiro atoms. The minimum Gasteiger partial charge on any atom is -0.490 e. The Labute approximate surface area is 118 Å². The smallest absolute Gasteiger partial charge is 0.342 e. The summed E-state index contributed by atoms with van der Waals surface area (Å²) >= 11 is 0. The monoisotopic (exact) mass is 279 g/mol. The number of nitrogens with one attached hydrogen (secondary N) is 1. The molecule has 0 aliphatic carbocycles. The molecule has 1 aliphatic rings. The molecule has 0 saturated carbocycles. The van der Waals surface area contributed by atoms with Crippen molar-refractivity contribution < 1.29 is 19.4 Å². The van der Waals surface area contributed by atoms with E-state index in [1.165, 1.54) is 0 Å². The maximum absolute atomic E-state index is 11.6. The number of fused-ring (bicyclic) bond motifs is 1. The number of esters is 1. The quantitative estimate of drug-likeness (QED) is 0.799. The van der Waals surface area contributed by atoms with Crippen molar-refractivity contribution in [3.05, 3.63) is 29.3 Å². The first-order valence-corrected chi connectivity index (χ1v) is 6.72. The van der Waals surface area contributed by atoms with E-state index >= 15 is 0 Å². The zero-order valence-corrected chi connectivity index (χ0v) is 12.1. The van der Waals surface area contributed by atoms with Crippen LogP contribution in [0.15, 0.2) is 18.2 Å². The molecule has 0 aromatic heterocycles. The predicted octanol–water partition coefficient (Wildman–Crippen LogP) is 1.48.